The molecule has 0 aromatic heterocycles. The van der Waals surface area contributed by atoms with Gasteiger partial charge >= 0.3 is 5.97 Å². The molecule has 0 fully saturated rings. The van der Waals surface area contributed by atoms with Crippen molar-refractivity contribution in [3.05, 3.63) is 29.3 Å². The lowest BCUT2D eigenvalue weighted by Gasteiger charge is -2.17. The number of carbonyl (C=O) groups excluding carboxylic acids is 1. The Morgan fingerprint density at radius 1 is 1.42 bits per heavy atom. The number of fused-ring (bicyclic) bond motifs is 1. The van der Waals surface area contributed by atoms with Crippen LogP contribution in [0.15, 0.2) is 23.1 Å². The van der Waals surface area contributed by atoms with Gasteiger partial charge in [-0.25, -0.2) is 8.42 Å². The maximum Gasteiger partial charge on any atom is 0.318 e. The minimum Gasteiger partial charge on any atom is -0.480 e. The number of rotatable bonds is 4. The van der Waals surface area contributed by atoms with Crippen molar-refractivity contribution in [3.8, 4) is 0 Å². The van der Waals surface area contributed by atoms with E-state index in [-0.39, 0.29) is 10.8 Å². The van der Waals surface area contributed by atoms with Crippen LogP contribution < -0.4 is 10.0 Å². The third kappa shape index (κ3) is 2.91. The van der Waals surface area contributed by atoms with Crippen molar-refractivity contribution in [2.75, 3.05) is 13.1 Å². The molecule has 1 aromatic rings. The Labute approximate surface area is 109 Å². The highest BCUT2D eigenvalue weighted by Crippen LogP contribution is 2.18. The number of carboxylic acid groups (broad SMARTS) is 1. The molecule has 1 aliphatic heterocycles. The lowest BCUT2D eigenvalue weighted by molar-refractivity contribution is -0.135. The lowest BCUT2D eigenvalue weighted by Crippen LogP contribution is -2.33. The number of benzene rings is 1. The first-order valence-corrected chi connectivity index (χ1v) is 7.01. The van der Waals surface area contributed by atoms with Gasteiger partial charge in [-0.15, -0.1) is 0 Å². The molecular formula is C11H12N2O5S. The van der Waals surface area contributed by atoms with E-state index in [1.54, 1.807) is 6.07 Å². The Morgan fingerprint density at radius 3 is 2.84 bits per heavy atom. The summed E-state index contributed by atoms with van der Waals surface area (Å²) < 4.78 is 25.6. The SMILES string of the molecule is O=C(O)CNS(=O)(=O)c1ccc2c(c1)C(=O)NCC2. The zero-order valence-corrected chi connectivity index (χ0v) is 10.7. The van der Waals surface area contributed by atoms with E-state index in [0.29, 0.717) is 18.5 Å². The van der Waals surface area contributed by atoms with Crippen LogP contribution in [0, 0.1) is 0 Å². The van der Waals surface area contributed by atoms with Gasteiger partial charge in [0.15, 0.2) is 0 Å². The van der Waals surface area contributed by atoms with Crippen molar-refractivity contribution in [3.63, 3.8) is 0 Å². The molecule has 0 saturated carbocycles. The second-order valence-corrected chi connectivity index (χ2v) is 5.81. The molecule has 7 nitrogen and oxygen atoms in total. The van der Waals surface area contributed by atoms with Crippen LogP contribution in [0.3, 0.4) is 0 Å². The maximum atomic E-state index is 11.8. The number of aliphatic carboxylic acids is 1. The summed E-state index contributed by atoms with van der Waals surface area (Å²) in [6.45, 7) is -0.180. The highest BCUT2D eigenvalue weighted by Gasteiger charge is 2.21. The third-order valence-electron chi connectivity index (χ3n) is 2.73. The van der Waals surface area contributed by atoms with Gasteiger partial charge in [0.2, 0.25) is 10.0 Å². The predicted molar refractivity (Wildman–Crippen MR) is 65.3 cm³/mol. The van der Waals surface area contributed by atoms with Gasteiger partial charge < -0.3 is 10.4 Å². The molecule has 1 amide bonds. The molecule has 1 aliphatic rings. The summed E-state index contributed by atoms with van der Waals surface area (Å²) in [6, 6.07) is 4.19. The van der Waals surface area contributed by atoms with Crippen molar-refractivity contribution in [1.82, 2.24) is 10.0 Å². The first-order valence-electron chi connectivity index (χ1n) is 5.53. The molecule has 0 radical (unpaired) electrons. The number of sulfonamides is 1. The Bertz CT molecular complexity index is 638. The summed E-state index contributed by atoms with van der Waals surface area (Å²) >= 11 is 0. The smallest absolute Gasteiger partial charge is 0.318 e. The van der Waals surface area contributed by atoms with Crippen LogP contribution >= 0.6 is 0 Å². The van der Waals surface area contributed by atoms with Crippen molar-refractivity contribution in [2.45, 2.75) is 11.3 Å². The van der Waals surface area contributed by atoms with E-state index in [4.69, 9.17) is 5.11 Å². The highest BCUT2D eigenvalue weighted by atomic mass is 32.2. The largest absolute Gasteiger partial charge is 0.480 e. The van der Waals surface area contributed by atoms with Gasteiger partial charge in [0.25, 0.3) is 5.91 Å². The Balaban J connectivity index is 2.33. The van der Waals surface area contributed by atoms with E-state index in [9.17, 15) is 18.0 Å². The Kier molecular flexibility index (Phi) is 3.54. The normalized spacial score (nSPS) is 14.6. The molecule has 0 bridgehead atoms. The van der Waals surface area contributed by atoms with Crippen LogP contribution in [-0.4, -0.2) is 38.5 Å². The number of carbonyl (C=O) groups is 2. The molecule has 1 heterocycles. The fourth-order valence-corrected chi connectivity index (χ4v) is 2.80. The molecule has 19 heavy (non-hydrogen) atoms. The lowest BCUT2D eigenvalue weighted by atomic mass is 10.0. The number of carboxylic acids is 1. The van der Waals surface area contributed by atoms with Crippen LogP contribution in [0.2, 0.25) is 0 Å². The van der Waals surface area contributed by atoms with Crippen molar-refractivity contribution >= 4 is 21.9 Å². The van der Waals surface area contributed by atoms with Gasteiger partial charge in [0.05, 0.1) is 4.90 Å². The Hall–Kier alpha value is -1.93. The third-order valence-corrected chi connectivity index (χ3v) is 4.13. The van der Waals surface area contributed by atoms with Crippen LogP contribution in [0.25, 0.3) is 0 Å². The van der Waals surface area contributed by atoms with Gasteiger partial charge in [0, 0.05) is 12.1 Å². The zero-order valence-electron chi connectivity index (χ0n) is 9.84. The molecule has 2 rings (SSSR count). The minimum atomic E-state index is -3.92. The summed E-state index contributed by atoms with van der Waals surface area (Å²) in [7, 11) is -3.92. The van der Waals surface area contributed by atoms with Gasteiger partial charge in [0.1, 0.15) is 6.54 Å². The number of hydrogen-bond acceptors (Lipinski definition) is 4. The molecule has 8 heteroatoms. The average molecular weight is 284 g/mol. The number of amides is 1. The molecule has 0 aliphatic carbocycles. The molecule has 0 atom stereocenters. The molecular weight excluding hydrogens is 272 g/mol. The molecule has 102 valence electrons. The predicted octanol–water partition coefficient (Wildman–Crippen LogP) is -0.665. The molecule has 3 N–H and O–H groups in total. The topological polar surface area (TPSA) is 113 Å². The highest BCUT2D eigenvalue weighted by molar-refractivity contribution is 7.89. The molecule has 0 spiro atoms. The van der Waals surface area contributed by atoms with Gasteiger partial charge in [-0.3, -0.25) is 9.59 Å². The summed E-state index contributed by atoms with van der Waals surface area (Å²) in [4.78, 5) is 21.9. The summed E-state index contributed by atoms with van der Waals surface area (Å²) in [5, 5.41) is 11.1. The van der Waals surface area contributed by atoms with Crippen molar-refractivity contribution < 1.29 is 23.1 Å². The van der Waals surface area contributed by atoms with E-state index >= 15 is 0 Å². The fraction of sp³-hybridized carbons (Fsp3) is 0.273. The fourth-order valence-electron chi connectivity index (χ4n) is 1.80. The van der Waals surface area contributed by atoms with Crippen LogP contribution in [0.1, 0.15) is 15.9 Å². The van der Waals surface area contributed by atoms with Crippen LogP contribution in [0.4, 0.5) is 0 Å². The van der Waals surface area contributed by atoms with E-state index in [1.807, 2.05) is 4.72 Å². The maximum absolute atomic E-state index is 11.8. The minimum absolute atomic E-state index is 0.121. The first kappa shape index (κ1) is 13.5. The second-order valence-electron chi connectivity index (χ2n) is 4.04. The zero-order chi connectivity index (χ0) is 14.0. The van der Waals surface area contributed by atoms with Crippen LogP contribution in [-0.2, 0) is 21.2 Å². The van der Waals surface area contributed by atoms with Crippen LogP contribution in [0.5, 0.6) is 0 Å². The average Bonchev–Trinajstić information content (AvgIpc) is 2.37. The number of nitrogens with one attached hydrogen (secondary N) is 2. The summed E-state index contributed by atoms with van der Waals surface area (Å²) in [5.41, 5.74) is 1.09. The summed E-state index contributed by atoms with van der Waals surface area (Å²) in [5.74, 6) is -1.60. The number of hydrogen-bond donors (Lipinski definition) is 3. The van der Waals surface area contributed by atoms with E-state index in [2.05, 4.69) is 5.32 Å². The van der Waals surface area contributed by atoms with Crippen molar-refractivity contribution in [2.24, 2.45) is 0 Å². The monoisotopic (exact) mass is 284 g/mol. The standard InChI is InChI=1S/C11H12N2O5S/c14-10(15)6-13-19(17,18)8-2-1-7-3-4-12-11(16)9(7)5-8/h1-2,5,13H,3-4,6H2,(H,12,16)(H,14,15). The van der Waals surface area contributed by atoms with E-state index in [1.165, 1.54) is 12.1 Å². The van der Waals surface area contributed by atoms with Gasteiger partial charge in [-0.2, -0.15) is 4.72 Å². The quantitative estimate of drug-likeness (QED) is 0.679. The second kappa shape index (κ2) is 4.98. The first-order chi connectivity index (χ1) is 8.90. The molecule has 0 unspecified atom stereocenters. The van der Waals surface area contributed by atoms with Gasteiger partial charge in [-0.1, -0.05) is 6.07 Å². The van der Waals surface area contributed by atoms with E-state index in [0.717, 1.165) is 5.56 Å². The van der Waals surface area contributed by atoms with Gasteiger partial charge in [-0.05, 0) is 24.1 Å². The van der Waals surface area contributed by atoms with E-state index < -0.39 is 22.5 Å². The Morgan fingerprint density at radius 2 is 2.16 bits per heavy atom. The molecule has 1 aromatic carbocycles. The molecule has 0 saturated heterocycles. The van der Waals surface area contributed by atoms with Crippen molar-refractivity contribution in [1.29, 1.82) is 0 Å². The summed E-state index contributed by atoms with van der Waals surface area (Å²) in [6.07, 6.45) is 0.643.